The van der Waals surface area contributed by atoms with Gasteiger partial charge in [-0.2, -0.15) is 0 Å². The molecule has 1 rings (SSSR count). The summed E-state index contributed by atoms with van der Waals surface area (Å²) in [6.07, 6.45) is 3.66. The van der Waals surface area contributed by atoms with E-state index in [1.165, 1.54) is 12.8 Å². The first-order valence-corrected chi connectivity index (χ1v) is 6.95. The molecule has 0 aliphatic carbocycles. The van der Waals surface area contributed by atoms with E-state index in [4.69, 9.17) is 0 Å². The Kier molecular flexibility index (Phi) is 6.50. The van der Waals surface area contributed by atoms with Gasteiger partial charge in [0.2, 0.25) is 0 Å². The lowest BCUT2D eigenvalue weighted by Gasteiger charge is -2.07. The number of rotatable bonds is 8. The van der Waals surface area contributed by atoms with Gasteiger partial charge in [0.25, 0.3) is 5.69 Å². The SMILES string of the molecule is Cc1ccc(CNCCCCC(C)C)cc1[N+](=O)[O-]. The Bertz CT molecular complexity index is 417. The van der Waals surface area contributed by atoms with Crippen molar-refractivity contribution in [3.8, 4) is 0 Å². The molecule has 0 aliphatic heterocycles. The number of nitrogens with one attached hydrogen (secondary N) is 1. The number of hydrogen-bond donors (Lipinski definition) is 1. The lowest BCUT2D eigenvalue weighted by Crippen LogP contribution is -2.15. The Morgan fingerprint density at radius 2 is 2.05 bits per heavy atom. The second-order valence-corrected chi connectivity index (χ2v) is 5.44. The fourth-order valence-electron chi connectivity index (χ4n) is 2.00. The quantitative estimate of drug-likeness (QED) is 0.441. The van der Waals surface area contributed by atoms with Gasteiger partial charge in [-0.3, -0.25) is 10.1 Å². The van der Waals surface area contributed by atoms with E-state index < -0.39 is 0 Å². The number of nitrogens with zero attached hydrogens (tertiary/aromatic N) is 1. The fourth-order valence-corrected chi connectivity index (χ4v) is 2.00. The third-order valence-corrected chi connectivity index (χ3v) is 3.18. The van der Waals surface area contributed by atoms with Crippen LogP contribution in [-0.4, -0.2) is 11.5 Å². The number of nitro groups is 1. The Labute approximate surface area is 115 Å². The molecule has 0 amide bonds. The van der Waals surface area contributed by atoms with Crippen molar-refractivity contribution in [1.82, 2.24) is 5.32 Å². The zero-order valence-corrected chi connectivity index (χ0v) is 12.1. The maximum absolute atomic E-state index is 10.8. The van der Waals surface area contributed by atoms with Crippen LogP contribution >= 0.6 is 0 Å². The van der Waals surface area contributed by atoms with Gasteiger partial charge >= 0.3 is 0 Å². The number of benzene rings is 1. The molecule has 1 N–H and O–H groups in total. The number of unbranched alkanes of at least 4 members (excludes halogenated alkanes) is 1. The van der Waals surface area contributed by atoms with Gasteiger partial charge in [0.15, 0.2) is 0 Å². The monoisotopic (exact) mass is 264 g/mol. The molecular formula is C15H24N2O2. The van der Waals surface area contributed by atoms with E-state index in [-0.39, 0.29) is 10.6 Å². The van der Waals surface area contributed by atoms with Crippen LogP contribution in [0.4, 0.5) is 5.69 Å². The lowest BCUT2D eigenvalue weighted by molar-refractivity contribution is -0.385. The minimum atomic E-state index is -0.318. The summed E-state index contributed by atoms with van der Waals surface area (Å²) in [5.74, 6) is 0.764. The minimum absolute atomic E-state index is 0.208. The van der Waals surface area contributed by atoms with Gasteiger partial charge in [-0.25, -0.2) is 0 Å². The van der Waals surface area contributed by atoms with Crippen LogP contribution in [0.15, 0.2) is 18.2 Å². The second-order valence-electron chi connectivity index (χ2n) is 5.44. The number of aryl methyl sites for hydroxylation is 1. The van der Waals surface area contributed by atoms with Crippen molar-refractivity contribution in [1.29, 1.82) is 0 Å². The van der Waals surface area contributed by atoms with E-state index >= 15 is 0 Å². The first-order valence-electron chi connectivity index (χ1n) is 6.95. The molecule has 4 heteroatoms. The minimum Gasteiger partial charge on any atom is -0.313 e. The van der Waals surface area contributed by atoms with Crippen LogP contribution in [0, 0.1) is 23.0 Å². The zero-order valence-electron chi connectivity index (χ0n) is 12.1. The molecule has 0 saturated carbocycles. The molecular weight excluding hydrogens is 240 g/mol. The maximum atomic E-state index is 10.8. The molecule has 19 heavy (non-hydrogen) atoms. The van der Waals surface area contributed by atoms with Crippen LogP contribution in [0.5, 0.6) is 0 Å². The predicted octanol–water partition coefficient (Wildman–Crippen LogP) is 3.82. The molecule has 0 aliphatic rings. The van der Waals surface area contributed by atoms with E-state index in [0.717, 1.165) is 24.4 Å². The molecule has 1 aromatic rings. The fraction of sp³-hybridized carbons (Fsp3) is 0.600. The lowest BCUT2D eigenvalue weighted by atomic mass is 10.1. The van der Waals surface area contributed by atoms with Crippen LogP contribution in [-0.2, 0) is 6.54 Å². The highest BCUT2D eigenvalue weighted by Gasteiger charge is 2.10. The molecule has 0 heterocycles. The molecule has 0 saturated heterocycles. The van der Waals surface area contributed by atoms with Crippen LogP contribution in [0.25, 0.3) is 0 Å². The highest BCUT2D eigenvalue weighted by molar-refractivity contribution is 5.42. The van der Waals surface area contributed by atoms with E-state index in [1.807, 2.05) is 12.1 Å². The molecule has 0 bridgehead atoms. The van der Waals surface area contributed by atoms with Gasteiger partial charge in [0, 0.05) is 18.2 Å². The van der Waals surface area contributed by atoms with E-state index in [0.29, 0.717) is 12.1 Å². The van der Waals surface area contributed by atoms with Crippen molar-refractivity contribution in [2.24, 2.45) is 5.92 Å². The Balaban J connectivity index is 2.34. The average molecular weight is 264 g/mol. The van der Waals surface area contributed by atoms with Crippen LogP contribution in [0.1, 0.15) is 44.2 Å². The summed E-state index contributed by atoms with van der Waals surface area (Å²) in [7, 11) is 0. The van der Waals surface area contributed by atoms with Crippen molar-refractivity contribution < 1.29 is 4.92 Å². The topological polar surface area (TPSA) is 55.2 Å². The van der Waals surface area contributed by atoms with Gasteiger partial charge in [-0.05, 0) is 31.4 Å². The van der Waals surface area contributed by atoms with Crippen LogP contribution < -0.4 is 5.32 Å². The summed E-state index contributed by atoms with van der Waals surface area (Å²) >= 11 is 0. The summed E-state index contributed by atoms with van der Waals surface area (Å²) in [5, 5.41) is 14.2. The van der Waals surface area contributed by atoms with Crippen molar-refractivity contribution >= 4 is 5.69 Å². The summed E-state index contributed by atoms with van der Waals surface area (Å²) in [4.78, 5) is 10.5. The van der Waals surface area contributed by atoms with Gasteiger partial charge in [-0.15, -0.1) is 0 Å². The molecule has 0 aromatic heterocycles. The van der Waals surface area contributed by atoms with E-state index in [1.54, 1.807) is 13.0 Å². The Morgan fingerprint density at radius 3 is 2.68 bits per heavy atom. The van der Waals surface area contributed by atoms with Gasteiger partial charge < -0.3 is 5.32 Å². The maximum Gasteiger partial charge on any atom is 0.272 e. The Hall–Kier alpha value is -1.42. The number of nitro benzene ring substituents is 1. The first-order chi connectivity index (χ1) is 9.00. The third-order valence-electron chi connectivity index (χ3n) is 3.18. The Morgan fingerprint density at radius 1 is 1.32 bits per heavy atom. The molecule has 4 nitrogen and oxygen atoms in total. The second kappa shape index (κ2) is 7.89. The van der Waals surface area contributed by atoms with Crippen molar-refractivity contribution in [2.75, 3.05) is 6.54 Å². The van der Waals surface area contributed by atoms with Crippen molar-refractivity contribution in [3.05, 3.63) is 39.4 Å². The van der Waals surface area contributed by atoms with Crippen molar-refractivity contribution in [2.45, 2.75) is 46.6 Å². The van der Waals surface area contributed by atoms with Crippen molar-refractivity contribution in [3.63, 3.8) is 0 Å². The highest BCUT2D eigenvalue weighted by Crippen LogP contribution is 2.19. The van der Waals surface area contributed by atoms with Gasteiger partial charge in [-0.1, -0.05) is 38.8 Å². The molecule has 0 unspecified atom stereocenters. The summed E-state index contributed by atoms with van der Waals surface area (Å²) in [6.45, 7) is 7.90. The average Bonchev–Trinajstić information content (AvgIpc) is 2.34. The number of hydrogen-bond acceptors (Lipinski definition) is 3. The smallest absolute Gasteiger partial charge is 0.272 e. The van der Waals surface area contributed by atoms with E-state index in [9.17, 15) is 10.1 Å². The molecule has 1 aromatic carbocycles. The van der Waals surface area contributed by atoms with Crippen LogP contribution in [0.2, 0.25) is 0 Å². The molecule has 106 valence electrons. The standard InChI is InChI=1S/C15H24N2O2/c1-12(2)6-4-5-9-16-11-14-8-7-13(3)15(10-14)17(18)19/h7-8,10,12,16H,4-6,9,11H2,1-3H3. The highest BCUT2D eigenvalue weighted by atomic mass is 16.6. The first kappa shape index (κ1) is 15.6. The summed E-state index contributed by atoms with van der Waals surface area (Å²) < 4.78 is 0. The molecule has 0 radical (unpaired) electrons. The van der Waals surface area contributed by atoms with Gasteiger partial charge in [0.05, 0.1) is 4.92 Å². The van der Waals surface area contributed by atoms with Crippen LogP contribution in [0.3, 0.4) is 0 Å². The summed E-state index contributed by atoms with van der Waals surface area (Å²) in [5.41, 5.74) is 1.89. The normalized spacial score (nSPS) is 10.9. The largest absolute Gasteiger partial charge is 0.313 e. The third kappa shape index (κ3) is 5.83. The predicted molar refractivity (Wildman–Crippen MR) is 78.2 cm³/mol. The molecule has 0 atom stereocenters. The molecule has 0 fully saturated rings. The summed E-state index contributed by atoms with van der Waals surface area (Å²) in [6, 6.07) is 5.42. The van der Waals surface area contributed by atoms with E-state index in [2.05, 4.69) is 19.2 Å². The zero-order chi connectivity index (χ0) is 14.3. The molecule has 0 spiro atoms. The van der Waals surface area contributed by atoms with Gasteiger partial charge in [0.1, 0.15) is 0 Å².